The summed E-state index contributed by atoms with van der Waals surface area (Å²) in [6.45, 7) is 7.23. The van der Waals surface area contributed by atoms with Crippen molar-refractivity contribution in [1.82, 2.24) is 10.2 Å². The minimum atomic E-state index is -0.817. The summed E-state index contributed by atoms with van der Waals surface area (Å²) < 4.78 is 11.3. The predicted octanol–water partition coefficient (Wildman–Crippen LogP) is 3.20. The fourth-order valence-corrected chi connectivity index (χ4v) is 2.95. The maximum absolute atomic E-state index is 11.3. The molecular formula is C16H23N3OS. The highest BCUT2D eigenvalue weighted by molar-refractivity contribution is 7.83. The molecule has 2 N–H and O–H groups in total. The maximum Gasteiger partial charge on any atom is 0.0540 e. The second kappa shape index (κ2) is 6.43. The molecule has 1 atom stereocenters. The van der Waals surface area contributed by atoms with Crippen molar-refractivity contribution in [3.63, 3.8) is 0 Å². The van der Waals surface area contributed by atoms with E-state index in [9.17, 15) is 4.21 Å². The highest BCUT2D eigenvalue weighted by atomic mass is 32.2. The van der Waals surface area contributed by atoms with Gasteiger partial charge in [0.2, 0.25) is 0 Å². The minimum Gasteiger partial charge on any atom is -0.381 e. The van der Waals surface area contributed by atoms with Crippen LogP contribution in [-0.4, -0.2) is 20.7 Å². The van der Waals surface area contributed by atoms with Crippen LogP contribution in [0.25, 0.3) is 0 Å². The normalized spacial score (nSPS) is 13.1. The Morgan fingerprint density at radius 1 is 1.33 bits per heavy atom. The van der Waals surface area contributed by atoms with E-state index in [2.05, 4.69) is 42.4 Å². The van der Waals surface area contributed by atoms with Gasteiger partial charge in [-0.25, -0.2) is 0 Å². The number of anilines is 1. The number of hydrogen-bond donors (Lipinski definition) is 2. The van der Waals surface area contributed by atoms with Gasteiger partial charge in [-0.05, 0) is 17.7 Å². The number of nitrogens with one attached hydrogen (secondary N) is 2. The average Bonchev–Trinajstić information content (AvgIpc) is 2.84. The van der Waals surface area contributed by atoms with Gasteiger partial charge in [0.25, 0.3) is 0 Å². The first-order valence-corrected chi connectivity index (χ1v) is 8.74. The van der Waals surface area contributed by atoms with E-state index in [0.29, 0.717) is 5.75 Å². The molecule has 1 heterocycles. The van der Waals surface area contributed by atoms with Gasteiger partial charge in [0.1, 0.15) is 0 Å². The Labute approximate surface area is 128 Å². The van der Waals surface area contributed by atoms with Crippen molar-refractivity contribution in [1.29, 1.82) is 0 Å². The van der Waals surface area contributed by atoms with Crippen LogP contribution in [0.1, 0.15) is 37.6 Å². The van der Waals surface area contributed by atoms with Gasteiger partial charge in [-0.2, -0.15) is 5.10 Å². The summed E-state index contributed by atoms with van der Waals surface area (Å²) in [6.07, 6.45) is 3.60. The van der Waals surface area contributed by atoms with Gasteiger partial charge < -0.3 is 5.32 Å². The molecule has 4 nitrogen and oxygen atoms in total. The molecule has 0 saturated carbocycles. The lowest BCUT2D eigenvalue weighted by atomic mass is 9.89. The van der Waals surface area contributed by atoms with Crippen molar-refractivity contribution in [2.75, 3.05) is 11.6 Å². The number of benzene rings is 1. The highest BCUT2D eigenvalue weighted by Gasteiger charge is 2.19. The summed E-state index contributed by atoms with van der Waals surface area (Å²) in [5.41, 5.74) is 4.50. The van der Waals surface area contributed by atoms with Crippen LogP contribution >= 0.6 is 0 Å². The van der Waals surface area contributed by atoms with E-state index in [-0.39, 0.29) is 5.41 Å². The topological polar surface area (TPSA) is 57.8 Å². The first kappa shape index (κ1) is 15.8. The molecule has 0 spiro atoms. The molecule has 2 aromatic rings. The van der Waals surface area contributed by atoms with Crippen LogP contribution in [-0.2, 0) is 28.5 Å². The molecule has 21 heavy (non-hydrogen) atoms. The molecule has 1 aromatic carbocycles. The summed E-state index contributed by atoms with van der Waals surface area (Å²) in [7, 11) is -0.817. The second-order valence-corrected chi connectivity index (χ2v) is 7.73. The molecular weight excluding hydrogens is 282 g/mol. The zero-order chi connectivity index (χ0) is 15.5. The molecule has 2 rings (SSSR count). The molecule has 5 heteroatoms. The fourth-order valence-electron chi connectivity index (χ4n) is 2.30. The fraction of sp³-hybridized carbons (Fsp3) is 0.438. The van der Waals surface area contributed by atoms with Gasteiger partial charge in [-0.1, -0.05) is 32.9 Å². The van der Waals surface area contributed by atoms with Crippen molar-refractivity contribution in [2.24, 2.45) is 0 Å². The maximum atomic E-state index is 11.3. The minimum absolute atomic E-state index is 0.0501. The second-order valence-electron chi connectivity index (χ2n) is 6.29. The first-order valence-electron chi connectivity index (χ1n) is 7.02. The smallest absolute Gasteiger partial charge is 0.0540 e. The van der Waals surface area contributed by atoms with Crippen LogP contribution in [0.15, 0.2) is 30.5 Å². The van der Waals surface area contributed by atoms with Crippen LogP contribution in [0.3, 0.4) is 0 Å². The van der Waals surface area contributed by atoms with Crippen LogP contribution in [0.2, 0.25) is 0 Å². The van der Waals surface area contributed by atoms with Crippen LogP contribution in [0.4, 0.5) is 5.69 Å². The highest BCUT2D eigenvalue weighted by Crippen LogP contribution is 2.24. The van der Waals surface area contributed by atoms with Gasteiger partial charge in [-0.15, -0.1) is 0 Å². The third-order valence-corrected chi connectivity index (χ3v) is 3.99. The number of aromatic nitrogens is 2. The number of H-pyrrole nitrogens is 1. The van der Waals surface area contributed by atoms with Crippen molar-refractivity contribution in [3.8, 4) is 0 Å². The quantitative estimate of drug-likeness (QED) is 0.892. The molecule has 0 radical (unpaired) electrons. The Bertz CT molecular complexity index is 628. The summed E-state index contributed by atoms with van der Waals surface area (Å²) in [5, 5.41) is 10.7. The molecule has 0 amide bonds. The van der Waals surface area contributed by atoms with E-state index in [0.717, 1.165) is 23.5 Å². The summed E-state index contributed by atoms with van der Waals surface area (Å²) in [4.78, 5) is 0. The first-order chi connectivity index (χ1) is 9.86. The molecule has 0 bridgehead atoms. The lowest BCUT2D eigenvalue weighted by molar-refractivity contribution is 0.561. The number of aromatic amines is 1. The number of rotatable bonds is 5. The number of hydrogen-bond acceptors (Lipinski definition) is 3. The van der Waals surface area contributed by atoms with Gasteiger partial charge in [0.15, 0.2) is 0 Å². The van der Waals surface area contributed by atoms with Crippen molar-refractivity contribution >= 4 is 16.5 Å². The van der Waals surface area contributed by atoms with Gasteiger partial charge >= 0.3 is 0 Å². The molecule has 0 aliphatic carbocycles. The van der Waals surface area contributed by atoms with Crippen molar-refractivity contribution in [3.05, 3.63) is 47.3 Å². The summed E-state index contributed by atoms with van der Waals surface area (Å²) >= 11 is 0. The Hall–Kier alpha value is -1.62. The molecule has 1 aromatic heterocycles. The van der Waals surface area contributed by atoms with Crippen molar-refractivity contribution < 1.29 is 4.21 Å². The monoisotopic (exact) mass is 305 g/mol. The van der Waals surface area contributed by atoms with Gasteiger partial charge in [0, 0.05) is 51.7 Å². The Balaban J connectivity index is 2.07. The van der Waals surface area contributed by atoms with Crippen LogP contribution in [0, 0.1) is 0 Å². The standard InChI is InChI=1S/C16H23N3OS/c1-16(2,3)15-13(10-18-19-15)9-17-14-7-5-6-12(8-14)11-21(4)20/h5-8,10,17H,9,11H2,1-4H3,(H,18,19)/t21-/m1/s1. The third kappa shape index (κ3) is 4.43. The van der Waals surface area contributed by atoms with Gasteiger partial charge in [-0.3, -0.25) is 9.31 Å². The summed E-state index contributed by atoms with van der Waals surface area (Å²) in [5.74, 6) is 0.592. The Morgan fingerprint density at radius 3 is 2.76 bits per heavy atom. The zero-order valence-corrected chi connectivity index (χ0v) is 13.9. The van der Waals surface area contributed by atoms with E-state index in [4.69, 9.17) is 0 Å². The number of nitrogens with zero attached hydrogens (tertiary/aromatic N) is 1. The zero-order valence-electron chi connectivity index (χ0n) is 13.1. The molecule has 114 valence electrons. The van der Waals surface area contributed by atoms with E-state index in [1.54, 1.807) is 6.26 Å². The van der Waals surface area contributed by atoms with E-state index in [1.165, 1.54) is 5.56 Å². The third-order valence-electron chi connectivity index (χ3n) is 3.25. The SMILES string of the molecule is C[S@@](=O)Cc1cccc(NCc2cn[nH]c2C(C)(C)C)c1. The van der Waals surface area contributed by atoms with Crippen molar-refractivity contribution in [2.45, 2.75) is 38.5 Å². The molecule has 0 fully saturated rings. The van der Waals surface area contributed by atoms with Gasteiger partial charge in [0.05, 0.1) is 6.20 Å². The Kier molecular flexibility index (Phi) is 4.83. The molecule has 0 unspecified atom stereocenters. The van der Waals surface area contributed by atoms with E-state index in [1.807, 2.05) is 24.4 Å². The lowest BCUT2D eigenvalue weighted by Crippen LogP contribution is -2.15. The largest absolute Gasteiger partial charge is 0.381 e. The molecule has 0 saturated heterocycles. The Morgan fingerprint density at radius 2 is 2.10 bits per heavy atom. The predicted molar refractivity (Wildman–Crippen MR) is 88.8 cm³/mol. The van der Waals surface area contributed by atoms with Crippen LogP contribution < -0.4 is 5.32 Å². The molecule has 0 aliphatic rings. The van der Waals surface area contributed by atoms with Crippen LogP contribution in [0.5, 0.6) is 0 Å². The summed E-state index contributed by atoms with van der Waals surface area (Å²) in [6, 6.07) is 8.08. The lowest BCUT2D eigenvalue weighted by Gasteiger charge is -2.18. The average molecular weight is 305 g/mol. The molecule has 0 aliphatic heterocycles. The van der Waals surface area contributed by atoms with E-state index < -0.39 is 10.8 Å². The van der Waals surface area contributed by atoms with E-state index >= 15 is 0 Å².